The number of rotatable bonds is 18. The molecule has 5 nitrogen and oxygen atoms in total. The van der Waals surface area contributed by atoms with Gasteiger partial charge in [0.05, 0.1) is 18.8 Å². The normalized spacial score (nSPS) is 19.6. The highest BCUT2D eigenvalue weighted by Crippen LogP contribution is 2.28. The first-order valence-electron chi connectivity index (χ1n) is 13.1. The summed E-state index contributed by atoms with van der Waals surface area (Å²) >= 11 is 6.07. The Morgan fingerprint density at radius 2 is 2.03 bits per heavy atom. The Hall–Kier alpha value is -1.69. The van der Waals surface area contributed by atoms with Crippen molar-refractivity contribution in [2.24, 2.45) is 5.92 Å². The van der Waals surface area contributed by atoms with E-state index in [4.69, 9.17) is 21.1 Å². The molecule has 0 heterocycles. The summed E-state index contributed by atoms with van der Waals surface area (Å²) in [6, 6.07) is 0. The van der Waals surface area contributed by atoms with Crippen LogP contribution in [0.5, 0.6) is 0 Å². The third-order valence-corrected chi connectivity index (χ3v) is 6.85. The van der Waals surface area contributed by atoms with Gasteiger partial charge in [-0.15, -0.1) is 6.58 Å². The van der Waals surface area contributed by atoms with E-state index in [1.165, 1.54) is 37.6 Å². The maximum atomic E-state index is 12.9. The molecule has 198 valence electrons. The van der Waals surface area contributed by atoms with Gasteiger partial charge in [0, 0.05) is 44.1 Å². The topological polar surface area (TPSA) is 55.8 Å². The minimum Gasteiger partial charge on any atom is -0.381 e. The standard InChI is InChI=1S/C29H46ClNO4/c1-6-8-9-10-12-15-25(34-5)16-13-11-14-17-28(32)31(4)22-24(21-30)26-18-19-27(35-20-7-2)23(3)29(26)33/h7,11,13,18,21,23,25,27H,2,6,8-10,12,14-17,19-20,22H2,1,3-5H3/b13-11+,24-21-/t23-,25-,27-/m0/s1. The number of halogens is 1. The largest absolute Gasteiger partial charge is 0.381 e. The SMILES string of the molecule is C=CCO[C@H]1CC=C(/C(=C\Cl)CN(C)C(=O)CC/C=C/C[C@H](CCCCCCC)OC)C(=O)[C@H]1C. The van der Waals surface area contributed by atoms with Gasteiger partial charge in [-0.3, -0.25) is 9.59 Å². The molecule has 0 fully saturated rings. The number of methoxy groups -OCH3 is 1. The van der Waals surface area contributed by atoms with Crippen molar-refractivity contribution in [3.05, 3.63) is 47.6 Å². The van der Waals surface area contributed by atoms with Crippen LogP contribution in [0, 0.1) is 5.92 Å². The Kier molecular flexibility index (Phi) is 16.6. The number of unbranched alkanes of at least 4 members (excludes halogenated alkanes) is 4. The summed E-state index contributed by atoms with van der Waals surface area (Å²) in [7, 11) is 3.52. The summed E-state index contributed by atoms with van der Waals surface area (Å²) in [5.74, 6) is -0.243. The molecule has 35 heavy (non-hydrogen) atoms. The van der Waals surface area contributed by atoms with Crippen molar-refractivity contribution in [1.82, 2.24) is 4.90 Å². The second-order valence-electron chi connectivity index (χ2n) is 9.36. The minimum atomic E-state index is -0.264. The molecule has 0 aromatic rings. The predicted octanol–water partition coefficient (Wildman–Crippen LogP) is 6.78. The van der Waals surface area contributed by atoms with Gasteiger partial charge in [0.2, 0.25) is 5.91 Å². The van der Waals surface area contributed by atoms with Gasteiger partial charge in [0.15, 0.2) is 5.78 Å². The maximum absolute atomic E-state index is 12.9. The van der Waals surface area contributed by atoms with Crippen molar-refractivity contribution >= 4 is 23.3 Å². The number of ketones is 1. The fourth-order valence-electron chi connectivity index (χ4n) is 4.24. The zero-order valence-electron chi connectivity index (χ0n) is 22.3. The molecule has 0 bridgehead atoms. The number of likely N-dealkylation sites (N-methyl/N-ethyl adjacent to an activating group) is 1. The van der Waals surface area contributed by atoms with Crippen LogP contribution in [0.25, 0.3) is 0 Å². The van der Waals surface area contributed by atoms with Gasteiger partial charge >= 0.3 is 0 Å². The van der Waals surface area contributed by atoms with Gasteiger partial charge in [-0.25, -0.2) is 0 Å². The first-order valence-corrected chi connectivity index (χ1v) is 13.5. The minimum absolute atomic E-state index is 0.000875. The van der Waals surface area contributed by atoms with Crippen LogP contribution < -0.4 is 0 Å². The van der Waals surface area contributed by atoms with Crippen LogP contribution in [0.4, 0.5) is 0 Å². The molecule has 0 unspecified atom stereocenters. The third kappa shape index (κ3) is 11.7. The van der Waals surface area contributed by atoms with E-state index in [1.54, 1.807) is 25.1 Å². The summed E-state index contributed by atoms with van der Waals surface area (Å²) in [6.45, 7) is 8.48. The number of hydrogen-bond acceptors (Lipinski definition) is 4. The highest BCUT2D eigenvalue weighted by molar-refractivity contribution is 6.26. The molecule has 1 aliphatic carbocycles. The molecule has 3 atom stereocenters. The molecule has 0 radical (unpaired) electrons. The van der Waals surface area contributed by atoms with Gasteiger partial charge < -0.3 is 14.4 Å². The van der Waals surface area contributed by atoms with Crippen molar-refractivity contribution in [1.29, 1.82) is 0 Å². The Balaban J connectivity index is 2.46. The Morgan fingerprint density at radius 3 is 2.69 bits per heavy atom. The molecular formula is C29H46ClNO4. The van der Waals surface area contributed by atoms with Crippen LogP contribution in [-0.4, -0.2) is 56.1 Å². The summed E-state index contributed by atoms with van der Waals surface area (Å²) in [4.78, 5) is 27.2. The Morgan fingerprint density at radius 1 is 1.29 bits per heavy atom. The van der Waals surface area contributed by atoms with Gasteiger partial charge in [0.25, 0.3) is 0 Å². The highest BCUT2D eigenvalue weighted by Gasteiger charge is 2.32. The average Bonchev–Trinajstić information content (AvgIpc) is 2.86. The van der Waals surface area contributed by atoms with Crippen molar-refractivity contribution in [2.45, 2.75) is 90.3 Å². The van der Waals surface area contributed by atoms with Crippen molar-refractivity contribution in [3.8, 4) is 0 Å². The number of carbonyl (C=O) groups is 2. The second-order valence-corrected chi connectivity index (χ2v) is 9.58. The lowest BCUT2D eigenvalue weighted by atomic mass is 9.83. The first kappa shape index (κ1) is 31.3. The molecular weight excluding hydrogens is 462 g/mol. The lowest BCUT2D eigenvalue weighted by Crippen LogP contribution is -2.35. The number of allylic oxidation sites excluding steroid dienone is 1. The lowest BCUT2D eigenvalue weighted by molar-refractivity contribution is -0.129. The van der Waals surface area contributed by atoms with Gasteiger partial charge in [-0.05, 0) is 31.3 Å². The molecule has 6 heteroatoms. The Bertz CT molecular complexity index is 743. The fraction of sp³-hybridized carbons (Fsp3) is 0.655. The lowest BCUT2D eigenvalue weighted by Gasteiger charge is -2.29. The number of hydrogen-bond donors (Lipinski definition) is 0. The quantitative estimate of drug-likeness (QED) is 0.151. The average molecular weight is 508 g/mol. The van der Waals surface area contributed by atoms with E-state index in [1.807, 2.05) is 13.0 Å². The van der Waals surface area contributed by atoms with E-state index < -0.39 is 0 Å². The molecule has 0 saturated heterocycles. The monoisotopic (exact) mass is 507 g/mol. The van der Waals surface area contributed by atoms with E-state index in [2.05, 4.69) is 25.7 Å². The van der Waals surface area contributed by atoms with E-state index in [9.17, 15) is 9.59 Å². The van der Waals surface area contributed by atoms with Gasteiger partial charge in [-0.2, -0.15) is 0 Å². The molecule has 0 saturated carbocycles. The van der Waals surface area contributed by atoms with Crippen LogP contribution >= 0.6 is 11.6 Å². The molecule has 1 rings (SSSR count). The van der Waals surface area contributed by atoms with Crippen LogP contribution in [-0.2, 0) is 19.1 Å². The predicted molar refractivity (Wildman–Crippen MR) is 146 cm³/mol. The fourth-order valence-corrected chi connectivity index (χ4v) is 4.43. The molecule has 0 aliphatic heterocycles. The molecule has 0 spiro atoms. The molecule has 1 aliphatic rings. The second kappa shape index (κ2) is 18.6. The Labute approximate surface area is 218 Å². The van der Waals surface area contributed by atoms with Gasteiger partial charge in [0.1, 0.15) is 0 Å². The van der Waals surface area contributed by atoms with Crippen molar-refractivity contribution < 1.29 is 19.1 Å². The molecule has 0 aromatic carbocycles. The number of carbonyl (C=O) groups excluding carboxylic acids is 2. The van der Waals surface area contributed by atoms with Gasteiger partial charge in [-0.1, -0.05) is 81.9 Å². The van der Waals surface area contributed by atoms with Crippen LogP contribution in [0.3, 0.4) is 0 Å². The highest BCUT2D eigenvalue weighted by atomic mass is 35.5. The van der Waals surface area contributed by atoms with E-state index >= 15 is 0 Å². The molecule has 0 aromatic heterocycles. The molecule has 0 N–H and O–H groups in total. The maximum Gasteiger partial charge on any atom is 0.222 e. The van der Waals surface area contributed by atoms with E-state index in [0.29, 0.717) is 43.6 Å². The van der Waals surface area contributed by atoms with Crippen LogP contribution in [0.15, 0.2) is 47.6 Å². The van der Waals surface area contributed by atoms with E-state index in [0.717, 1.165) is 12.8 Å². The zero-order chi connectivity index (χ0) is 26.1. The van der Waals surface area contributed by atoms with Crippen LogP contribution in [0.2, 0.25) is 0 Å². The third-order valence-electron chi connectivity index (χ3n) is 6.58. The summed E-state index contributed by atoms with van der Waals surface area (Å²) in [5.41, 5.74) is 2.67. The zero-order valence-corrected chi connectivity index (χ0v) is 23.0. The number of ether oxygens (including phenoxy) is 2. The van der Waals surface area contributed by atoms with E-state index in [-0.39, 0.29) is 29.8 Å². The molecule has 1 amide bonds. The first-order chi connectivity index (χ1) is 16.9. The van der Waals surface area contributed by atoms with Crippen molar-refractivity contribution in [2.75, 3.05) is 27.3 Å². The summed E-state index contributed by atoms with van der Waals surface area (Å²) < 4.78 is 11.3. The number of Topliss-reactive ketones (excluding diaryl/α,β-unsaturated/α-hetero) is 1. The summed E-state index contributed by atoms with van der Waals surface area (Å²) in [6.07, 6.45) is 17.8. The summed E-state index contributed by atoms with van der Waals surface area (Å²) in [5, 5.41) is 0. The number of amides is 1. The van der Waals surface area contributed by atoms with Crippen molar-refractivity contribution in [3.63, 3.8) is 0 Å². The number of nitrogens with zero attached hydrogens (tertiary/aromatic N) is 1. The smallest absolute Gasteiger partial charge is 0.222 e. The van der Waals surface area contributed by atoms with Crippen LogP contribution in [0.1, 0.15) is 78.1 Å².